The van der Waals surface area contributed by atoms with Crippen LogP contribution in [-0.4, -0.2) is 35.5 Å². The third kappa shape index (κ3) is 5.75. The number of benzene rings is 1. The van der Waals surface area contributed by atoms with E-state index in [1.54, 1.807) is 12.3 Å². The van der Waals surface area contributed by atoms with Crippen molar-refractivity contribution in [2.45, 2.75) is 58.4 Å². The average molecular weight is 473 g/mol. The lowest BCUT2D eigenvalue weighted by molar-refractivity contribution is -0.147. The molecule has 2 aliphatic rings. The van der Waals surface area contributed by atoms with Crippen LogP contribution in [0.2, 0.25) is 5.02 Å². The average Bonchev–Trinajstić information content (AvgIpc) is 3.46. The number of anilines is 1. The first-order valence-electron chi connectivity index (χ1n) is 11.3. The van der Waals surface area contributed by atoms with Crippen molar-refractivity contribution < 1.29 is 19.1 Å². The van der Waals surface area contributed by atoms with E-state index in [-0.39, 0.29) is 24.0 Å². The van der Waals surface area contributed by atoms with E-state index in [1.165, 1.54) is 0 Å². The molecule has 1 aliphatic heterocycles. The summed E-state index contributed by atoms with van der Waals surface area (Å²) in [6, 6.07) is 9.97. The van der Waals surface area contributed by atoms with E-state index in [2.05, 4.69) is 20.8 Å². The van der Waals surface area contributed by atoms with Crippen molar-refractivity contribution >= 4 is 29.1 Å². The zero-order chi connectivity index (χ0) is 23.4. The van der Waals surface area contributed by atoms with Gasteiger partial charge in [0.15, 0.2) is 5.84 Å². The van der Waals surface area contributed by atoms with Crippen molar-refractivity contribution in [2.24, 2.45) is 10.9 Å². The molecule has 2 N–H and O–H groups in total. The van der Waals surface area contributed by atoms with Gasteiger partial charge >= 0.3 is 5.97 Å². The molecule has 1 fully saturated rings. The topological polar surface area (TPSA) is 94.1 Å². The van der Waals surface area contributed by atoms with Crippen molar-refractivity contribution in [2.75, 3.05) is 11.9 Å². The third-order valence-corrected chi connectivity index (χ3v) is 5.83. The lowest BCUT2D eigenvalue weighted by Gasteiger charge is -2.15. The monoisotopic (exact) mass is 472 g/mol. The molecule has 1 aromatic carbocycles. The maximum atomic E-state index is 11.9. The van der Waals surface area contributed by atoms with Gasteiger partial charge in [-0.25, -0.2) is 20.3 Å². The Balaban J connectivity index is 1.36. The summed E-state index contributed by atoms with van der Waals surface area (Å²) in [6.45, 7) is 6.10. The number of hydrogen-bond donors (Lipinski definition) is 2. The smallest absolute Gasteiger partial charge is 0.308 e. The second kappa shape index (κ2) is 10.4. The highest BCUT2D eigenvalue weighted by Crippen LogP contribution is 2.31. The summed E-state index contributed by atoms with van der Waals surface area (Å²) >= 11 is 6.29. The second-order valence-corrected chi connectivity index (χ2v) is 8.86. The number of hydrogen-bond acceptors (Lipinski definition) is 8. The van der Waals surface area contributed by atoms with Crippen LogP contribution in [0, 0.1) is 5.92 Å². The van der Waals surface area contributed by atoms with Gasteiger partial charge in [-0.05, 0) is 70.4 Å². The van der Waals surface area contributed by atoms with Crippen LogP contribution in [0.4, 0.5) is 5.69 Å². The normalized spacial score (nSPS) is 22.1. The number of ether oxygens (including phenoxy) is 2. The van der Waals surface area contributed by atoms with Crippen LogP contribution in [0.3, 0.4) is 0 Å². The van der Waals surface area contributed by atoms with Crippen LogP contribution in [0.25, 0.3) is 0 Å². The molecule has 0 radical (unpaired) electrons. The minimum Gasteiger partial charge on any atom is -0.474 e. The van der Waals surface area contributed by atoms with Crippen LogP contribution in [0.5, 0.6) is 5.88 Å². The molecule has 2 heterocycles. The van der Waals surface area contributed by atoms with Gasteiger partial charge in [-0.3, -0.25) is 4.79 Å². The minimum atomic E-state index is -0.547. The van der Waals surface area contributed by atoms with Gasteiger partial charge in [-0.1, -0.05) is 11.6 Å². The fraction of sp³-hybridized carbons (Fsp3) is 0.458. The molecule has 1 aromatic heterocycles. The Hall–Kier alpha value is -2.84. The van der Waals surface area contributed by atoms with Crippen molar-refractivity contribution in [3.05, 3.63) is 52.7 Å². The largest absolute Gasteiger partial charge is 0.474 e. The van der Waals surface area contributed by atoms with E-state index >= 15 is 0 Å². The molecule has 176 valence electrons. The summed E-state index contributed by atoms with van der Waals surface area (Å²) in [5.41, 5.74) is 5.52. The highest BCUT2D eigenvalue weighted by Gasteiger charge is 2.31. The molecule has 0 bridgehead atoms. The van der Waals surface area contributed by atoms with E-state index in [9.17, 15) is 4.79 Å². The van der Waals surface area contributed by atoms with Crippen molar-refractivity contribution in [1.29, 1.82) is 0 Å². The standard InChI is InChI=1S/C24H29ClN4O4/c1-4-31-24(30)16-7-10-19(11-16)27-18-8-5-15(6-9-18)21-28-22(33-29-21)17-12-20(25)23(26-13-17)32-14(2)3/h5-6,8-9,12-14,16,19,22,27H,4,7,10-11H2,1-3H3,(H,28,29)/t16-,19+,22?/m1/s1. The molecule has 33 heavy (non-hydrogen) atoms. The molecule has 4 rings (SSSR count). The molecule has 8 nitrogen and oxygen atoms in total. The first-order chi connectivity index (χ1) is 15.9. The van der Waals surface area contributed by atoms with Gasteiger partial charge in [0.2, 0.25) is 12.1 Å². The molecule has 0 amide bonds. The number of pyridine rings is 1. The van der Waals surface area contributed by atoms with Crippen molar-refractivity contribution in [3.8, 4) is 5.88 Å². The number of halogens is 1. The molecule has 2 aromatic rings. The Bertz CT molecular complexity index is 1010. The molecular formula is C24H29ClN4O4. The zero-order valence-corrected chi connectivity index (χ0v) is 19.8. The molecule has 0 spiro atoms. The highest BCUT2D eigenvalue weighted by atomic mass is 35.5. The number of esters is 1. The van der Waals surface area contributed by atoms with Gasteiger partial charge in [0, 0.05) is 29.1 Å². The lowest BCUT2D eigenvalue weighted by atomic mass is 10.1. The summed E-state index contributed by atoms with van der Waals surface area (Å²) in [7, 11) is 0. The maximum absolute atomic E-state index is 11.9. The van der Waals surface area contributed by atoms with Crippen molar-refractivity contribution in [3.63, 3.8) is 0 Å². The van der Waals surface area contributed by atoms with Crippen LogP contribution in [0.1, 0.15) is 57.4 Å². The molecule has 1 saturated carbocycles. The molecule has 1 aliphatic carbocycles. The Morgan fingerprint density at radius 3 is 2.79 bits per heavy atom. The number of amidine groups is 1. The molecule has 1 unspecified atom stereocenters. The second-order valence-electron chi connectivity index (χ2n) is 8.45. The number of aromatic nitrogens is 1. The number of carbonyl (C=O) groups excluding carboxylic acids is 1. The fourth-order valence-corrected chi connectivity index (χ4v) is 4.21. The lowest BCUT2D eigenvalue weighted by Crippen LogP contribution is -2.20. The summed E-state index contributed by atoms with van der Waals surface area (Å²) < 4.78 is 10.7. The van der Waals surface area contributed by atoms with Gasteiger partial charge in [-0.2, -0.15) is 0 Å². The minimum absolute atomic E-state index is 0.0122. The third-order valence-electron chi connectivity index (χ3n) is 5.56. The summed E-state index contributed by atoms with van der Waals surface area (Å²) in [6.07, 6.45) is 3.70. The Morgan fingerprint density at radius 1 is 1.30 bits per heavy atom. The summed E-state index contributed by atoms with van der Waals surface area (Å²) in [4.78, 5) is 26.5. The predicted octanol–water partition coefficient (Wildman–Crippen LogP) is 4.65. The van der Waals surface area contributed by atoms with Gasteiger partial charge in [0.1, 0.15) is 5.02 Å². The fourth-order valence-electron chi connectivity index (χ4n) is 3.99. The van der Waals surface area contributed by atoms with E-state index in [0.29, 0.717) is 23.3 Å². The first kappa shape index (κ1) is 23.3. The number of nitrogens with zero attached hydrogens (tertiary/aromatic N) is 2. The Morgan fingerprint density at radius 2 is 2.09 bits per heavy atom. The van der Waals surface area contributed by atoms with E-state index in [4.69, 9.17) is 25.9 Å². The van der Waals surface area contributed by atoms with Gasteiger partial charge in [0.05, 0.1) is 18.6 Å². The van der Waals surface area contributed by atoms with Gasteiger partial charge in [0.25, 0.3) is 0 Å². The van der Waals surface area contributed by atoms with Crippen LogP contribution < -0.4 is 15.5 Å². The number of nitrogens with one attached hydrogen (secondary N) is 2. The molecule has 3 atom stereocenters. The quantitative estimate of drug-likeness (QED) is 0.540. The van der Waals surface area contributed by atoms with Gasteiger partial charge < -0.3 is 14.8 Å². The molecule has 0 saturated heterocycles. The van der Waals surface area contributed by atoms with E-state index in [1.807, 2.05) is 45.0 Å². The molecular weight excluding hydrogens is 444 g/mol. The number of aliphatic imine (C=N–C) groups is 1. The zero-order valence-electron chi connectivity index (χ0n) is 19.0. The Kier molecular flexibility index (Phi) is 7.35. The SMILES string of the molecule is CCOC(=O)[C@@H]1CC[C@H](Nc2ccc(C3=NC(c4cnc(OC(C)C)c(Cl)c4)ON3)cc2)C1. The van der Waals surface area contributed by atoms with E-state index in [0.717, 1.165) is 36.1 Å². The number of carbonyl (C=O) groups is 1. The Labute approximate surface area is 198 Å². The summed E-state index contributed by atoms with van der Waals surface area (Å²) in [5.74, 6) is 0.926. The van der Waals surface area contributed by atoms with Crippen molar-refractivity contribution in [1.82, 2.24) is 10.5 Å². The summed E-state index contributed by atoms with van der Waals surface area (Å²) in [5, 5.41) is 3.93. The van der Waals surface area contributed by atoms with Gasteiger partial charge in [-0.15, -0.1) is 0 Å². The highest BCUT2D eigenvalue weighted by molar-refractivity contribution is 6.31. The van der Waals surface area contributed by atoms with Crippen LogP contribution in [0.15, 0.2) is 41.5 Å². The predicted molar refractivity (Wildman–Crippen MR) is 126 cm³/mol. The van der Waals surface area contributed by atoms with Crippen LogP contribution in [-0.2, 0) is 14.4 Å². The molecule has 9 heteroatoms. The number of hydroxylamine groups is 1. The van der Waals surface area contributed by atoms with E-state index < -0.39 is 6.23 Å². The van der Waals surface area contributed by atoms with Crippen LogP contribution >= 0.6 is 11.6 Å². The first-order valence-corrected chi connectivity index (χ1v) is 11.7. The number of rotatable bonds is 8. The maximum Gasteiger partial charge on any atom is 0.308 e.